The Kier molecular flexibility index (Phi) is 10.4. The normalized spacial score (nSPS) is 32.5. The lowest BCUT2D eigenvalue weighted by atomic mass is 9.87. The minimum absolute atomic E-state index is 0.121. The summed E-state index contributed by atoms with van der Waals surface area (Å²) in [6.45, 7) is 2.89. The second kappa shape index (κ2) is 12.5. The maximum atomic E-state index is 11.2. The van der Waals surface area contributed by atoms with Crippen LogP contribution >= 0.6 is 0 Å². The Bertz CT molecular complexity index is 475. The third kappa shape index (κ3) is 7.79. The Morgan fingerprint density at radius 2 is 2.11 bits per heavy atom. The Morgan fingerprint density at radius 1 is 1.29 bits per heavy atom. The highest BCUT2D eigenvalue weighted by molar-refractivity contribution is 5.67. The standard InChI is InChI=1S/C21H36O7/c1-3-4-5-8-15(27-20-9-6-7-12-26-20)10-11-18-16(13-19(23)24)17(22)14-21(25-2)28-18/h10-11,15-18,20-22H,3-9,12-14H2,1-2H3,(H,23,24)/t15-,16+,17+,18-,20?,21+/m0/s1. The predicted octanol–water partition coefficient (Wildman–Crippen LogP) is 3.25. The van der Waals surface area contributed by atoms with E-state index in [1.54, 1.807) is 0 Å². The van der Waals surface area contributed by atoms with Gasteiger partial charge in [-0.15, -0.1) is 0 Å². The summed E-state index contributed by atoms with van der Waals surface area (Å²) in [7, 11) is 1.52. The van der Waals surface area contributed by atoms with Gasteiger partial charge in [-0.2, -0.15) is 0 Å². The zero-order valence-corrected chi connectivity index (χ0v) is 17.1. The molecule has 0 aromatic rings. The van der Waals surface area contributed by atoms with Crippen molar-refractivity contribution < 1.29 is 34.0 Å². The summed E-state index contributed by atoms with van der Waals surface area (Å²) >= 11 is 0. The van der Waals surface area contributed by atoms with E-state index in [0.29, 0.717) is 0 Å². The summed E-state index contributed by atoms with van der Waals surface area (Å²) < 4.78 is 23.0. The molecular formula is C21H36O7. The number of aliphatic carboxylic acids is 1. The SMILES string of the molecule is CCCCC[C@@H](C=C[C@@H]1O[C@@H](OC)C[C@@H](O)[C@H]1CC(=O)O)OC1CCCCO1. The Hall–Kier alpha value is -0.990. The van der Waals surface area contributed by atoms with E-state index in [1.165, 1.54) is 7.11 Å². The van der Waals surface area contributed by atoms with E-state index in [1.807, 2.05) is 12.2 Å². The number of rotatable bonds is 11. The molecule has 7 nitrogen and oxygen atoms in total. The van der Waals surface area contributed by atoms with E-state index in [-0.39, 0.29) is 25.2 Å². The van der Waals surface area contributed by atoms with Crippen molar-refractivity contribution in [3.63, 3.8) is 0 Å². The molecule has 2 aliphatic rings. The van der Waals surface area contributed by atoms with Crippen molar-refractivity contribution in [1.82, 2.24) is 0 Å². The molecule has 2 saturated heterocycles. The van der Waals surface area contributed by atoms with E-state index in [0.717, 1.165) is 51.6 Å². The second-order valence-corrected chi connectivity index (χ2v) is 7.68. The monoisotopic (exact) mass is 400 g/mol. The molecule has 2 fully saturated rings. The molecule has 28 heavy (non-hydrogen) atoms. The van der Waals surface area contributed by atoms with Gasteiger partial charge in [-0.3, -0.25) is 4.79 Å². The Balaban J connectivity index is 2.04. The summed E-state index contributed by atoms with van der Waals surface area (Å²) in [5, 5.41) is 19.6. The highest BCUT2D eigenvalue weighted by Crippen LogP contribution is 2.30. The number of ether oxygens (including phenoxy) is 4. The van der Waals surface area contributed by atoms with E-state index < -0.39 is 30.4 Å². The van der Waals surface area contributed by atoms with Crippen molar-refractivity contribution in [3.05, 3.63) is 12.2 Å². The van der Waals surface area contributed by atoms with E-state index >= 15 is 0 Å². The zero-order chi connectivity index (χ0) is 20.4. The smallest absolute Gasteiger partial charge is 0.303 e. The molecule has 0 aromatic carbocycles. The number of carbonyl (C=O) groups is 1. The maximum absolute atomic E-state index is 11.2. The molecule has 162 valence electrons. The Labute approximate surface area is 168 Å². The molecule has 0 aliphatic carbocycles. The van der Waals surface area contributed by atoms with Crippen molar-refractivity contribution in [3.8, 4) is 0 Å². The van der Waals surface area contributed by atoms with Crippen LogP contribution in [0, 0.1) is 5.92 Å². The molecular weight excluding hydrogens is 364 g/mol. The minimum Gasteiger partial charge on any atom is -0.481 e. The lowest BCUT2D eigenvalue weighted by Gasteiger charge is -2.37. The van der Waals surface area contributed by atoms with Crippen LogP contribution in [0.25, 0.3) is 0 Å². The number of aliphatic hydroxyl groups is 1. The largest absolute Gasteiger partial charge is 0.481 e. The summed E-state index contributed by atoms with van der Waals surface area (Å²) in [6.07, 6.45) is 8.96. The van der Waals surface area contributed by atoms with Crippen LogP contribution in [-0.4, -0.2) is 60.8 Å². The molecule has 6 atom stereocenters. The number of carboxylic acid groups (broad SMARTS) is 1. The lowest BCUT2D eigenvalue weighted by molar-refractivity contribution is -0.216. The molecule has 0 bridgehead atoms. The molecule has 2 N–H and O–H groups in total. The number of unbranched alkanes of at least 4 members (excludes halogenated alkanes) is 2. The fourth-order valence-corrected chi connectivity index (χ4v) is 3.77. The molecule has 2 heterocycles. The van der Waals surface area contributed by atoms with Gasteiger partial charge in [0.1, 0.15) is 0 Å². The zero-order valence-electron chi connectivity index (χ0n) is 17.1. The molecule has 0 amide bonds. The molecule has 1 unspecified atom stereocenters. The molecule has 2 aliphatic heterocycles. The second-order valence-electron chi connectivity index (χ2n) is 7.68. The van der Waals surface area contributed by atoms with Crippen molar-refractivity contribution in [2.24, 2.45) is 5.92 Å². The van der Waals surface area contributed by atoms with E-state index in [9.17, 15) is 15.0 Å². The van der Waals surface area contributed by atoms with Gasteiger partial charge >= 0.3 is 5.97 Å². The van der Waals surface area contributed by atoms with Gasteiger partial charge in [0.05, 0.1) is 24.7 Å². The first-order valence-corrected chi connectivity index (χ1v) is 10.6. The number of aliphatic hydroxyl groups excluding tert-OH is 1. The van der Waals surface area contributed by atoms with Crippen molar-refractivity contribution >= 4 is 5.97 Å². The fraction of sp³-hybridized carbons (Fsp3) is 0.857. The van der Waals surface area contributed by atoms with Crippen molar-refractivity contribution in [2.75, 3.05) is 13.7 Å². The van der Waals surface area contributed by atoms with Crippen LogP contribution in [0.1, 0.15) is 64.7 Å². The Morgan fingerprint density at radius 3 is 2.75 bits per heavy atom. The van der Waals surface area contributed by atoms with Gasteiger partial charge in [0.25, 0.3) is 0 Å². The van der Waals surface area contributed by atoms with Crippen LogP contribution < -0.4 is 0 Å². The first-order valence-electron chi connectivity index (χ1n) is 10.6. The molecule has 0 saturated carbocycles. The summed E-state index contributed by atoms with van der Waals surface area (Å²) in [4.78, 5) is 11.2. The van der Waals surface area contributed by atoms with Crippen LogP contribution in [0.15, 0.2) is 12.2 Å². The van der Waals surface area contributed by atoms with Gasteiger partial charge in [-0.25, -0.2) is 0 Å². The molecule has 0 aromatic heterocycles. The van der Waals surface area contributed by atoms with Gasteiger partial charge in [0, 0.05) is 26.1 Å². The molecule has 2 rings (SSSR count). The third-order valence-corrected chi connectivity index (χ3v) is 5.40. The van der Waals surface area contributed by atoms with Crippen LogP contribution in [0.5, 0.6) is 0 Å². The van der Waals surface area contributed by atoms with Crippen LogP contribution in [0.2, 0.25) is 0 Å². The number of hydrogen-bond acceptors (Lipinski definition) is 6. The van der Waals surface area contributed by atoms with Crippen LogP contribution in [0.3, 0.4) is 0 Å². The highest BCUT2D eigenvalue weighted by atomic mass is 16.7. The van der Waals surface area contributed by atoms with Crippen LogP contribution in [-0.2, 0) is 23.7 Å². The van der Waals surface area contributed by atoms with Gasteiger partial charge in [-0.05, 0) is 25.7 Å². The average Bonchev–Trinajstić information content (AvgIpc) is 2.68. The van der Waals surface area contributed by atoms with Crippen LogP contribution in [0.4, 0.5) is 0 Å². The number of methoxy groups -OCH3 is 1. The number of hydrogen-bond donors (Lipinski definition) is 2. The maximum Gasteiger partial charge on any atom is 0.303 e. The molecule has 0 radical (unpaired) electrons. The fourth-order valence-electron chi connectivity index (χ4n) is 3.77. The first kappa shape index (κ1) is 23.3. The highest BCUT2D eigenvalue weighted by Gasteiger charge is 2.38. The molecule has 0 spiro atoms. The van der Waals surface area contributed by atoms with Gasteiger partial charge < -0.3 is 29.2 Å². The topological polar surface area (TPSA) is 94.5 Å². The van der Waals surface area contributed by atoms with E-state index in [2.05, 4.69) is 6.92 Å². The summed E-state index contributed by atoms with van der Waals surface area (Å²) in [6, 6.07) is 0. The quantitative estimate of drug-likeness (QED) is 0.406. The summed E-state index contributed by atoms with van der Waals surface area (Å²) in [5.74, 6) is -1.46. The van der Waals surface area contributed by atoms with Gasteiger partial charge in [0.2, 0.25) is 0 Å². The van der Waals surface area contributed by atoms with Crippen molar-refractivity contribution in [2.45, 2.75) is 95.6 Å². The van der Waals surface area contributed by atoms with Crippen molar-refractivity contribution in [1.29, 1.82) is 0 Å². The summed E-state index contributed by atoms with van der Waals surface area (Å²) in [5.41, 5.74) is 0. The average molecular weight is 401 g/mol. The van der Waals surface area contributed by atoms with Gasteiger partial charge in [0.15, 0.2) is 12.6 Å². The predicted molar refractivity (Wildman–Crippen MR) is 104 cm³/mol. The lowest BCUT2D eigenvalue weighted by Crippen LogP contribution is -2.45. The third-order valence-electron chi connectivity index (χ3n) is 5.40. The first-order chi connectivity index (χ1) is 13.5. The number of carboxylic acids is 1. The van der Waals surface area contributed by atoms with Gasteiger partial charge in [-0.1, -0.05) is 38.3 Å². The molecule has 7 heteroatoms. The minimum atomic E-state index is -0.951. The van der Waals surface area contributed by atoms with E-state index in [4.69, 9.17) is 18.9 Å².